The van der Waals surface area contributed by atoms with Gasteiger partial charge in [0.05, 0.1) is 5.92 Å². The number of ether oxygens (including phenoxy) is 3. The second-order valence-electron chi connectivity index (χ2n) is 9.62. The Balaban J connectivity index is 2.47. The molecule has 0 aromatic heterocycles. The molecule has 0 aromatic rings. The molecular weight excluding hydrogens is 406 g/mol. The van der Waals surface area contributed by atoms with E-state index in [2.05, 4.69) is 4.99 Å². The highest BCUT2D eigenvalue weighted by atomic mass is 19.3. The zero-order valence-electron chi connectivity index (χ0n) is 18.1. The van der Waals surface area contributed by atoms with Gasteiger partial charge in [0.25, 0.3) is 0 Å². The Kier molecular flexibility index (Phi) is 5.83. The number of amides is 2. The Hall–Kier alpha value is -2.46. The number of carbonyl (C=O) groups is 3. The number of aliphatic imine (C=N–C) groups is 1. The Bertz CT molecular complexity index is 742. The lowest BCUT2D eigenvalue weighted by Crippen LogP contribution is -2.58. The van der Waals surface area contributed by atoms with Gasteiger partial charge in [0, 0.05) is 5.92 Å². The molecule has 1 aliphatic heterocycles. The van der Waals surface area contributed by atoms with E-state index in [9.17, 15) is 23.2 Å². The van der Waals surface area contributed by atoms with Crippen LogP contribution in [0.25, 0.3) is 0 Å². The summed E-state index contributed by atoms with van der Waals surface area (Å²) in [6, 6.07) is -0.719. The van der Waals surface area contributed by atoms with Crippen molar-refractivity contribution in [1.82, 2.24) is 4.90 Å². The van der Waals surface area contributed by atoms with Gasteiger partial charge in [-0.25, -0.2) is 23.4 Å². The van der Waals surface area contributed by atoms with Crippen LogP contribution in [0.1, 0.15) is 54.9 Å². The van der Waals surface area contributed by atoms with Crippen LogP contribution in [0.2, 0.25) is 0 Å². The lowest BCUT2D eigenvalue weighted by atomic mass is 9.87. The molecule has 1 fully saturated rings. The third kappa shape index (κ3) is 4.99. The molecular formula is C19H28F2N2O7. The van der Waals surface area contributed by atoms with Crippen LogP contribution in [0, 0.1) is 11.8 Å². The van der Waals surface area contributed by atoms with Crippen LogP contribution in [0.15, 0.2) is 4.99 Å². The molecule has 11 heteroatoms. The second kappa shape index (κ2) is 7.35. The monoisotopic (exact) mass is 434 g/mol. The Morgan fingerprint density at radius 2 is 1.57 bits per heavy atom. The number of halogens is 2. The first-order chi connectivity index (χ1) is 13.4. The lowest BCUT2D eigenvalue weighted by Gasteiger charge is -2.39. The zero-order valence-corrected chi connectivity index (χ0v) is 18.1. The number of carbonyl (C=O) groups excluding carboxylic acids is 2. The number of imide groups is 1. The minimum absolute atomic E-state index is 0.00290. The number of amidine groups is 1. The van der Waals surface area contributed by atoms with E-state index in [-0.39, 0.29) is 6.42 Å². The predicted molar refractivity (Wildman–Crippen MR) is 100 cm³/mol. The fourth-order valence-electron chi connectivity index (χ4n) is 3.02. The number of hydrogen-bond acceptors (Lipinski definition) is 7. The van der Waals surface area contributed by atoms with Gasteiger partial charge in [-0.05, 0) is 54.9 Å². The van der Waals surface area contributed by atoms with E-state index >= 15 is 0 Å². The minimum atomic E-state index is -3.51. The van der Waals surface area contributed by atoms with Crippen molar-refractivity contribution in [2.45, 2.75) is 77.6 Å². The molecule has 0 radical (unpaired) electrons. The van der Waals surface area contributed by atoms with Crippen molar-refractivity contribution in [3.63, 3.8) is 0 Å². The number of hydrogen-bond donors (Lipinski definition) is 1. The van der Waals surface area contributed by atoms with Crippen molar-refractivity contribution in [3.05, 3.63) is 0 Å². The average Bonchev–Trinajstić information content (AvgIpc) is 3.28. The van der Waals surface area contributed by atoms with Crippen LogP contribution >= 0.6 is 0 Å². The first-order valence-electron chi connectivity index (χ1n) is 9.47. The van der Waals surface area contributed by atoms with E-state index in [1.807, 2.05) is 0 Å². The highest BCUT2D eigenvalue weighted by Crippen LogP contribution is 2.55. The SMILES string of the molecule is CC(C)(C)OC(=O)N(C(=O)OC(C)(C)C)C1=N[C@](C)(C2CC2C(=O)O)C(F)(F)CO1. The summed E-state index contributed by atoms with van der Waals surface area (Å²) < 4.78 is 44.7. The van der Waals surface area contributed by atoms with Crippen LogP contribution in [0.3, 0.4) is 0 Å². The number of carboxylic acid groups (broad SMARTS) is 1. The van der Waals surface area contributed by atoms with Gasteiger partial charge in [-0.15, -0.1) is 4.90 Å². The highest BCUT2D eigenvalue weighted by Gasteiger charge is 2.67. The molecule has 170 valence electrons. The van der Waals surface area contributed by atoms with Crippen molar-refractivity contribution < 1.29 is 42.5 Å². The maximum absolute atomic E-state index is 14.7. The molecule has 1 heterocycles. The van der Waals surface area contributed by atoms with Crippen molar-refractivity contribution in [2.75, 3.05) is 6.61 Å². The fraction of sp³-hybridized carbons (Fsp3) is 0.789. The number of alkyl halides is 2. The molecule has 2 unspecified atom stereocenters. The third-order valence-electron chi connectivity index (χ3n) is 4.62. The van der Waals surface area contributed by atoms with Crippen LogP contribution in [0.5, 0.6) is 0 Å². The molecule has 3 atom stereocenters. The van der Waals surface area contributed by atoms with Crippen molar-refractivity contribution in [3.8, 4) is 0 Å². The average molecular weight is 434 g/mol. The third-order valence-corrected chi connectivity index (χ3v) is 4.62. The maximum atomic E-state index is 14.7. The number of nitrogens with zero attached hydrogens (tertiary/aromatic N) is 2. The molecule has 2 amide bonds. The summed E-state index contributed by atoms with van der Waals surface area (Å²) in [6.07, 6.45) is -2.43. The van der Waals surface area contributed by atoms with E-state index in [0.717, 1.165) is 6.92 Å². The number of rotatable bonds is 2. The van der Waals surface area contributed by atoms with E-state index in [0.29, 0.717) is 4.90 Å². The van der Waals surface area contributed by atoms with Crippen LogP contribution in [-0.2, 0) is 19.0 Å². The van der Waals surface area contributed by atoms with Crippen molar-refractivity contribution >= 4 is 24.2 Å². The minimum Gasteiger partial charge on any atom is -0.481 e. The van der Waals surface area contributed by atoms with E-state index < -0.39 is 65.3 Å². The van der Waals surface area contributed by atoms with Crippen LogP contribution < -0.4 is 0 Å². The van der Waals surface area contributed by atoms with Gasteiger partial charge in [-0.3, -0.25) is 4.79 Å². The normalized spacial score (nSPS) is 28.0. The Labute approximate surface area is 173 Å². The molecule has 30 heavy (non-hydrogen) atoms. The van der Waals surface area contributed by atoms with Crippen LogP contribution in [-0.4, -0.2) is 63.5 Å². The summed E-state index contributed by atoms with van der Waals surface area (Å²) in [5.41, 5.74) is -4.21. The fourth-order valence-corrected chi connectivity index (χ4v) is 3.02. The van der Waals surface area contributed by atoms with Gasteiger partial charge in [-0.1, -0.05) is 0 Å². The first kappa shape index (κ1) is 23.8. The lowest BCUT2D eigenvalue weighted by molar-refractivity contribution is -0.143. The number of aliphatic carboxylic acids is 1. The second-order valence-corrected chi connectivity index (χ2v) is 9.62. The standard InChI is InChI=1S/C19H28F2N2O7/c1-16(2,3)29-14(26)23(15(27)30-17(4,5)6)13-22-18(7,19(20,21)9-28-13)11-8-10(11)12(24)25/h10-11H,8-9H2,1-7H3,(H,24,25)/t10?,11?,18-/m1/s1. The van der Waals surface area contributed by atoms with Gasteiger partial charge < -0.3 is 19.3 Å². The quantitative estimate of drug-likeness (QED) is 0.705. The molecule has 0 aromatic carbocycles. The molecule has 0 saturated heterocycles. The Morgan fingerprint density at radius 3 is 1.93 bits per heavy atom. The van der Waals surface area contributed by atoms with E-state index in [1.165, 1.54) is 0 Å². The molecule has 2 aliphatic rings. The van der Waals surface area contributed by atoms with E-state index in [4.69, 9.17) is 19.3 Å². The maximum Gasteiger partial charge on any atom is 0.428 e. The molecule has 2 rings (SSSR count). The molecule has 1 aliphatic carbocycles. The van der Waals surface area contributed by atoms with Gasteiger partial charge >= 0.3 is 30.1 Å². The molecule has 9 nitrogen and oxygen atoms in total. The first-order valence-corrected chi connectivity index (χ1v) is 9.47. The molecule has 1 saturated carbocycles. The molecule has 1 N–H and O–H groups in total. The zero-order chi connectivity index (χ0) is 23.3. The predicted octanol–water partition coefficient (Wildman–Crippen LogP) is 3.66. The summed E-state index contributed by atoms with van der Waals surface area (Å²) in [5, 5.41) is 9.16. The van der Waals surface area contributed by atoms with Crippen molar-refractivity contribution in [2.24, 2.45) is 16.8 Å². The van der Waals surface area contributed by atoms with Gasteiger partial charge in [0.2, 0.25) is 0 Å². The molecule has 0 bridgehead atoms. The Morgan fingerprint density at radius 1 is 1.10 bits per heavy atom. The van der Waals surface area contributed by atoms with Gasteiger partial charge in [-0.2, -0.15) is 0 Å². The summed E-state index contributed by atoms with van der Waals surface area (Å²) in [6.45, 7) is 9.24. The summed E-state index contributed by atoms with van der Waals surface area (Å²) in [4.78, 5) is 40.8. The van der Waals surface area contributed by atoms with Gasteiger partial charge in [0.15, 0.2) is 6.61 Å². The summed E-state index contributed by atoms with van der Waals surface area (Å²) in [7, 11) is 0. The van der Waals surface area contributed by atoms with Gasteiger partial charge in [0.1, 0.15) is 16.7 Å². The highest BCUT2D eigenvalue weighted by molar-refractivity contribution is 6.06. The topological polar surface area (TPSA) is 115 Å². The van der Waals surface area contributed by atoms with Crippen LogP contribution in [0.4, 0.5) is 18.4 Å². The number of carboxylic acids is 1. The summed E-state index contributed by atoms with van der Waals surface area (Å²) >= 11 is 0. The molecule has 0 spiro atoms. The van der Waals surface area contributed by atoms with E-state index in [1.54, 1.807) is 41.5 Å². The summed E-state index contributed by atoms with van der Waals surface area (Å²) in [5.74, 6) is -6.71. The smallest absolute Gasteiger partial charge is 0.428 e. The van der Waals surface area contributed by atoms with Crippen molar-refractivity contribution in [1.29, 1.82) is 0 Å². The largest absolute Gasteiger partial charge is 0.481 e.